The molecular weight excluding hydrogens is 310 g/mol. The Morgan fingerprint density at radius 1 is 0.840 bits per heavy atom. The Morgan fingerprint density at radius 3 is 1.96 bits per heavy atom. The molecule has 3 aromatic rings. The van der Waals surface area contributed by atoms with Gasteiger partial charge >= 0.3 is 5.97 Å². The van der Waals surface area contributed by atoms with Crippen LogP contribution in [0.15, 0.2) is 42.5 Å². The number of rotatable bonds is 2. The Morgan fingerprint density at radius 2 is 1.40 bits per heavy atom. The Bertz CT molecular complexity index is 937. The number of para-hydroxylation sites is 1. The zero-order chi connectivity index (χ0) is 18.6. The normalized spacial score (nSPS) is 13.5. The van der Waals surface area contributed by atoms with Crippen LogP contribution >= 0.6 is 0 Å². The van der Waals surface area contributed by atoms with Crippen molar-refractivity contribution in [1.29, 1.82) is 0 Å². The Hall–Kier alpha value is -2.29. The van der Waals surface area contributed by atoms with Gasteiger partial charge in [0.1, 0.15) is 5.41 Å². The molecule has 0 saturated carbocycles. The molecule has 3 heteroatoms. The number of hydrogen-bond acceptors (Lipinski definition) is 1. The van der Waals surface area contributed by atoms with E-state index in [4.69, 9.17) is 0 Å². The fourth-order valence-electron chi connectivity index (χ4n) is 4.90. The molecule has 3 nitrogen and oxygen atoms in total. The van der Waals surface area contributed by atoms with Gasteiger partial charge < -0.3 is 10.1 Å². The first-order valence-electron chi connectivity index (χ1n) is 8.75. The van der Waals surface area contributed by atoms with Crippen molar-refractivity contribution in [3.8, 4) is 0 Å². The van der Waals surface area contributed by atoms with E-state index in [0.717, 1.165) is 27.4 Å². The monoisotopic (exact) mass is 337 g/mol. The van der Waals surface area contributed by atoms with Crippen LogP contribution in [0.1, 0.15) is 47.1 Å². The first-order valence-corrected chi connectivity index (χ1v) is 8.75. The molecule has 2 N–H and O–H groups in total. The van der Waals surface area contributed by atoms with Crippen LogP contribution in [0.2, 0.25) is 0 Å². The number of hydrogen-bond donors (Lipinski definition) is 2. The molecule has 0 aliphatic rings. The lowest BCUT2D eigenvalue weighted by Crippen LogP contribution is -2.56. The van der Waals surface area contributed by atoms with Crippen molar-refractivity contribution in [2.24, 2.45) is 10.8 Å². The molecule has 3 rings (SSSR count). The van der Waals surface area contributed by atoms with Crippen molar-refractivity contribution in [2.45, 2.75) is 47.0 Å². The van der Waals surface area contributed by atoms with E-state index in [9.17, 15) is 9.90 Å². The highest BCUT2D eigenvalue weighted by Crippen LogP contribution is 2.55. The third-order valence-corrected chi connectivity index (χ3v) is 5.51. The molecule has 0 saturated heterocycles. The standard InChI is InChI=1S/C22H27NO2/c1-20(2,3)22(19(24)25,21(4,5)6)15-11-9-13-17-18(15)14-10-7-8-12-16(14)23-17/h7-13,23H,1-6H3,(H,24,25). The molecule has 25 heavy (non-hydrogen) atoms. The summed E-state index contributed by atoms with van der Waals surface area (Å²) in [4.78, 5) is 16.2. The minimum absolute atomic E-state index is 0.469. The lowest BCUT2D eigenvalue weighted by atomic mass is 9.50. The Kier molecular flexibility index (Phi) is 3.75. The molecule has 0 atom stereocenters. The minimum atomic E-state index is -1.04. The second-order valence-electron chi connectivity index (χ2n) is 8.95. The maximum Gasteiger partial charge on any atom is 0.315 e. The van der Waals surface area contributed by atoms with Crippen LogP contribution in [0.25, 0.3) is 21.8 Å². The summed E-state index contributed by atoms with van der Waals surface area (Å²) in [6, 6.07) is 14.1. The first kappa shape index (κ1) is 17.5. The quantitative estimate of drug-likeness (QED) is 0.627. The van der Waals surface area contributed by atoms with E-state index in [1.807, 2.05) is 77.9 Å². The van der Waals surface area contributed by atoms with Gasteiger partial charge in [0.25, 0.3) is 0 Å². The highest BCUT2D eigenvalue weighted by Gasteiger charge is 2.58. The number of nitrogens with one attached hydrogen (secondary N) is 1. The number of carboxylic acid groups (broad SMARTS) is 1. The zero-order valence-electron chi connectivity index (χ0n) is 15.9. The molecule has 0 spiro atoms. The van der Waals surface area contributed by atoms with Gasteiger partial charge in [-0.1, -0.05) is 71.9 Å². The topological polar surface area (TPSA) is 53.1 Å². The number of aliphatic carboxylic acids is 1. The summed E-state index contributed by atoms with van der Waals surface area (Å²) in [5.41, 5.74) is 0.928. The largest absolute Gasteiger partial charge is 0.481 e. The van der Waals surface area contributed by atoms with Gasteiger partial charge in [-0.3, -0.25) is 4.79 Å². The predicted molar refractivity (Wildman–Crippen MR) is 104 cm³/mol. The van der Waals surface area contributed by atoms with Crippen LogP contribution in [0.4, 0.5) is 0 Å². The average molecular weight is 337 g/mol. The second-order valence-corrected chi connectivity index (χ2v) is 8.95. The number of fused-ring (bicyclic) bond motifs is 3. The number of carbonyl (C=O) groups is 1. The first-order chi connectivity index (χ1) is 11.5. The highest BCUT2D eigenvalue weighted by molar-refractivity contribution is 6.11. The minimum Gasteiger partial charge on any atom is -0.481 e. The van der Waals surface area contributed by atoms with E-state index in [0.29, 0.717) is 0 Å². The molecule has 0 unspecified atom stereocenters. The van der Waals surface area contributed by atoms with Gasteiger partial charge in [0.05, 0.1) is 0 Å². The molecule has 1 aromatic heterocycles. The summed E-state index contributed by atoms with van der Waals surface area (Å²) in [5, 5.41) is 12.6. The highest BCUT2D eigenvalue weighted by atomic mass is 16.4. The van der Waals surface area contributed by atoms with Gasteiger partial charge in [0.2, 0.25) is 0 Å². The van der Waals surface area contributed by atoms with Crippen LogP contribution in [0, 0.1) is 10.8 Å². The van der Waals surface area contributed by atoms with Gasteiger partial charge in [0, 0.05) is 21.8 Å². The van der Waals surface area contributed by atoms with Crippen molar-refractivity contribution < 1.29 is 9.90 Å². The van der Waals surface area contributed by atoms with Gasteiger partial charge in [-0.25, -0.2) is 0 Å². The van der Waals surface area contributed by atoms with Gasteiger partial charge in [0.15, 0.2) is 0 Å². The van der Waals surface area contributed by atoms with Gasteiger partial charge in [-0.15, -0.1) is 0 Å². The molecular formula is C22H27NO2. The van der Waals surface area contributed by atoms with Crippen LogP contribution in [-0.2, 0) is 10.2 Å². The summed E-state index contributed by atoms with van der Waals surface area (Å²) in [7, 11) is 0. The molecule has 132 valence electrons. The average Bonchev–Trinajstić information content (AvgIpc) is 2.83. The van der Waals surface area contributed by atoms with E-state index in [2.05, 4.69) is 11.1 Å². The van der Waals surface area contributed by atoms with E-state index in [-0.39, 0.29) is 0 Å². The summed E-state index contributed by atoms with van der Waals surface area (Å²) < 4.78 is 0. The number of H-pyrrole nitrogens is 1. The number of aromatic nitrogens is 1. The number of aromatic amines is 1. The van der Waals surface area contributed by atoms with E-state index >= 15 is 0 Å². The summed E-state index contributed by atoms with van der Waals surface area (Å²) >= 11 is 0. The molecule has 0 amide bonds. The van der Waals surface area contributed by atoms with E-state index in [1.54, 1.807) is 0 Å². The molecule has 2 aromatic carbocycles. The Labute approximate surface area is 149 Å². The van der Waals surface area contributed by atoms with Crippen molar-refractivity contribution in [3.63, 3.8) is 0 Å². The SMILES string of the molecule is CC(C)(C)C(C(=O)O)(c1cccc2[nH]c3ccccc3c12)C(C)(C)C. The molecule has 0 fully saturated rings. The van der Waals surface area contributed by atoms with Crippen molar-refractivity contribution >= 4 is 27.8 Å². The maximum atomic E-state index is 12.8. The third kappa shape index (κ3) is 2.29. The van der Waals surface area contributed by atoms with Crippen molar-refractivity contribution in [3.05, 3.63) is 48.0 Å². The van der Waals surface area contributed by atoms with Gasteiger partial charge in [-0.05, 0) is 28.5 Å². The Balaban J connectivity index is 2.56. The molecule has 0 aliphatic carbocycles. The molecule has 0 radical (unpaired) electrons. The van der Waals surface area contributed by atoms with Crippen molar-refractivity contribution in [1.82, 2.24) is 4.98 Å². The summed E-state index contributed by atoms with van der Waals surface area (Å²) in [6.45, 7) is 12.2. The molecule has 0 aliphatic heterocycles. The maximum absolute atomic E-state index is 12.8. The number of carboxylic acids is 1. The number of benzene rings is 2. The fraction of sp³-hybridized carbons (Fsp3) is 0.409. The van der Waals surface area contributed by atoms with Gasteiger partial charge in [-0.2, -0.15) is 0 Å². The van der Waals surface area contributed by atoms with Crippen molar-refractivity contribution in [2.75, 3.05) is 0 Å². The van der Waals surface area contributed by atoms with Crippen LogP contribution in [-0.4, -0.2) is 16.1 Å². The lowest BCUT2D eigenvalue weighted by Gasteiger charge is -2.51. The summed E-state index contributed by atoms with van der Waals surface area (Å²) in [5.74, 6) is -0.773. The van der Waals surface area contributed by atoms with Crippen LogP contribution in [0.3, 0.4) is 0 Å². The molecule has 0 bridgehead atoms. The lowest BCUT2D eigenvalue weighted by molar-refractivity contribution is -0.155. The zero-order valence-corrected chi connectivity index (χ0v) is 15.9. The van der Waals surface area contributed by atoms with E-state index < -0.39 is 22.2 Å². The van der Waals surface area contributed by atoms with Crippen LogP contribution < -0.4 is 0 Å². The fourth-order valence-corrected chi connectivity index (χ4v) is 4.90. The van der Waals surface area contributed by atoms with E-state index in [1.165, 1.54) is 0 Å². The molecule has 1 heterocycles. The van der Waals surface area contributed by atoms with Crippen LogP contribution in [0.5, 0.6) is 0 Å². The predicted octanol–water partition coefficient (Wildman–Crippen LogP) is 5.74. The smallest absolute Gasteiger partial charge is 0.315 e. The second kappa shape index (κ2) is 5.35. The summed E-state index contributed by atoms with van der Waals surface area (Å²) in [6.07, 6.45) is 0. The third-order valence-electron chi connectivity index (χ3n) is 5.51.